The highest BCUT2D eigenvalue weighted by Gasteiger charge is 2.26. The third-order valence-electron chi connectivity index (χ3n) is 5.53. The summed E-state index contributed by atoms with van der Waals surface area (Å²) < 4.78 is 13.1. The van der Waals surface area contributed by atoms with Crippen LogP contribution < -0.4 is 5.32 Å². The van der Waals surface area contributed by atoms with Crippen molar-refractivity contribution in [3.8, 4) is 0 Å². The topological polar surface area (TPSA) is 32.3 Å². The molecule has 1 aliphatic heterocycles. The Kier molecular flexibility index (Phi) is 8.17. The number of rotatable bonds is 6. The van der Waals surface area contributed by atoms with Gasteiger partial charge in [0.1, 0.15) is 5.82 Å². The van der Waals surface area contributed by atoms with Crippen LogP contribution in [0.15, 0.2) is 24.3 Å². The Labute approximate surface area is 156 Å². The molecular formula is C20H30ClFN2O. The van der Waals surface area contributed by atoms with Crippen LogP contribution in [0.1, 0.15) is 56.9 Å². The number of hydrogen-bond acceptors (Lipinski definition) is 2. The first-order valence-electron chi connectivity index (χ1n) is 9.47. The van der Waals surface area contributed by atoms with Crippen LogP contribution in [0.4, 0.5) is 4.39 Å². The van der Waals surface area contributed by atoms with Crippen LogP contribution in [0.25, 0.3) is 0 Å². The molecule has 1 atom stereocenters. The number of carbonyl (C=O) groups is 1. The fraction of sp³-hybridized carbons (Fsp3) is 0.650. The highest BCUT2D eigenvalue weighted by Crippen LogP contribution is 2.26. The molecule has 0 bridgehead atoms. The van der Waals surface area contributed by atoms with E-state index in [4.69, 9.17) is 0 Å². The molecule has 5 heteroatoms. The highest BCUT2D eigenvalue weighted by molar-refractivity contribution is 5.85. The Hall–Kier alpha value is -1.13. The van der Waals surface area contributed by atoms with E-state index >= 15 is 0 Å². The van der Waals surface area contributed by atoms with Gasteiger partial charge in [0, 0.05) is 19.0 Å². The molecule has 1 aliphatic carbocycles. The van der Waals surface area contributed by atoms with E-state index in [1.54, 1.807) is 12.1 Å². The predicted molar refractivity (Wildman–Crippen MR) is 101 cm³/mol. The smallest absolute Gasteiger partial charge is 0.223 e. The maximum absolute atomic E-state index is 13.1. The Bertz CT molecular complexity index is 525. The van der Waals surface area contributed by atoms with Crippen molar-refractivity contribution in [1.82, 2.24) is 10.2 Å². The van der Waals surface area contributed by atoms with Gasteiger partial charge < -0.3 is 10.2 Å². The van der Waals surface area contributed by atoms with E-state index in [1.807, 2.05) is 0 Å². The molecule has 0 aromatic heterocycles. The second-order valence-electron chi connectivity index (χ2n) is 7.34. The summed E-state index contributed by atoms with van der Waals surface area (Å²) in [4.78, 5) is 15.0. The molecule has 1 unspecified atom stereocenters. The van der Waals surface area contributed by atoms with Crippen LogP contribution in [-0.4, -0.2) is 29.9 Å². The van der Waals surface area contributed by atoms with E-state index < -0.39 is 0 Å². The van der Waals surface area contributed by atoms with Gasteiger partial charge in [-0.3, -0.25) is 4.79 Å². The SMILES string of the molecule is Cl.O=C(CCC1CCNC1)N(Cc1ccc(F)cc1)C1CCCCC1. The number of nitrogens with zero attached hydrogens (tertiary/aromatic N) is 1. The van der Waals surface area contributed by atoms with E-state index in [2.05, 4.69) is 10.2 Å². The van der Waals surface area contributed by atoms with Crippen molar-refractivity contribution in [2.24, 2.45) is 5.92 Å². The van der Waals surface area contributed by atoms with Crippen LogP contribution in [-0.2, 0) is 11.3 Å². The van der Waals surface area contributed by atoms with Gasteiger partial charge in [-0.2, -0.15) is 0 Å². The molecule has 1 aromatic rings. The summed E-state index contributed by atoms with van der Waals surface area (Å²) in [5.41, 5.74) is 1.03. The molecule has 140 valence electrons. The number of amides is 1. The number of hydrogen-bond donors (Lipinski definition) is 1. The third kappa shape index (κ3) is 5.96. The molecule has 1 saturated carbocycles. The summed E-state index contributed by atoms with van der Waals surface area (Å²) in [6.45, 7) is 2.75. The molecule has 2 fully saturated rings. The normalized spacial score (nSPS) is 20.9. The van der Waals surface area contributed by atoms with Crippen molar-refractivity contribution < 1.29 is 9.18 Å². The molecular weight excluding hydrogens is 339 g/mol. The van der Waals surface area contributed by atoms with Crippen molar-refractivity contribution >= 4 is 18.3 Å². The van der Waals surface area contributed by atoms with E-state index in [-0.39, 0.29) is 24.1 Å². The van der Waals surface area contributed by atoms with Crippen LogP contribution in [0, 0.1) is 11.7 Å². The lowest BCUT2D eigenvalue weighted by atomic mass is 9.93. The quantitative estimate of drug-likeness (QED) is 0.811. The first-order valence-corrected chi connectivity index (χ1v) is 9.47. The fourth-order valence-electron chi connectivity index (χ4n) is 4.03. The Morgan fingerprint density at radius 1 is 1.12 bits per heavy atom. The minimum atomic E-state index is -0.219. The molecule has 25 heavy (non-hydrogen) atoms. The van der Waals surface area contributed by atoms with Crippen molar-refractivity contribution in [2.45, 2.75) is 64.0 Å². The molecule has 1 saturated heterocycles. The Balaban J connectivity index is 0.00000225. The highest BCUT2D eigenvalue weighted by atomic mass is 35.5. The van der Waals surface area contributed by atoms with Crippen LogP contribution in [0.5, 0.6) is 0 Å². The summed E-state index contributed by atoms with van der Waals surface area (Å²) in [6, 6.07) is 6.95. The molecule has 1 amide bonds. The molecule has 3 rings (SSSR count). The number of nitrogens with one attached hydrogen (secondary N) is 1. The third-order valence-corrected chi connectivity index (χ3v) is 5.53. The van der Waals surface area contributed by atoms with Crippen LogP contribution >= 0.6 is 12.4 Å². The second kappa shape index (κ2) is 10.1. The maximum Gasteiger partial charge on any atom is 0.223 e. The first kappa shape index (κ1) is 20.2. The lowest BCUT2D eigenvalue weighted by Crippen LogP contribution is -2.41. The molecule has 1 heterocycles. The van der Waals surface area contributed by atoms with Gasteiger partial charge in [-0.05, 0) is 62.4 Å². The maximum atomic E-state index is 13.1. The van der Waals surface area contributed by atoms with Crippen LogP contribution in [0.2, 0.25) is 0 Å². The average Bonchev–Trinajstić information content (AvgIpc) is 3.13. The average molecular weight is 369 g/mol. The lowest BCUT2D eigenvalue weighted by molar-refractivity contribution is -0.135. The summed E-state index contributed by atoms with van der Waals surface area (Å²) in [5.74, 6) is 0.703. The predicted octanol–water partition coefficient (Wildman–Crippen LogP) is 4.30. The zero-order chi connectivity index (χ0) is 16.8. The minimum absolute atomic E-state index is 0. The van der Waals surface area contributed by atoms with E-state index in [0.717, 1.165) is 37.9 Å². The molecule has 3 nitrogen and oxygen atoms in total. The Morgan fingerprint density at radius 2 is 1.84 bits per heavy atom. The fourth-order valence-corrected chi connectivity index (χ4v) is 4.03. The standard InChI is InChI=1S/C20H29FN2O.ClH/c21-18-9-6-17(7-10-18)15-23(19-4-2-1-3-5-19)20(24)11-8-16-12-13-22-14-16;/h6-7,9-10,16,19,22H,1-5,8,11-15H2;1H. The van der Waals surface area contributed by atoms with Gasteiger partial charge in [0.2, 0.25) is 5.91 Å². The number of benzene rings is 1. The molecule has 1 N–H and O–H groups in total. The monoisotopic (exact) mass is 368 g/mol. The van der Waals surface area contributed by atoms with Gasteiger partial charge in [0.05, 0.1) is 0 Å². The van der Waals surface area contributed by atoms with Crippen molar-refractivity contribution in [2.75, 3.05) is 13.1 Å². The van der Waals surface area contributed by atoms with Gasteiger partial charge in [-0.25, -0.2) is 4.39 Å². The van der Waals surface area contributed by atoms with Gasteiger partial charge in [-0.15, -0.1) is 12.4 Å². The van der Waals surface area contributed by atoms with Crippen molar-refractivity contribution in [3.63, 3.8) is 0 Å². The number of halogens is 2. The van der Waals surface area contributed by atoms with E-state index in [9.17, 15) is 9.18 Å². The van der Waals surface area contributed by atoms with Crippen LogP contribution in [0.3, 0.4) is 0 Å². The summed E-state index contributed by atoms with van der Waals surface area (Å²) in [5, 5.41) is 3.37. The van der Waals surface area contributed by atoms with Gasteiger partial charge in [-0.1, -0.05) is 31.4 Å². The van der Waals surface area contributed by atoms with E-state index in [1.165, 1.54) is 37.8 Å². The van der Waals surface area contributed by atoms with Crippen molar-refractivity contribution in [3.05, 3.63) is 35.6 Å². The van der Waals surface area contributed by atoms with Gasteiger partial charge in [0.15, 0.2) is 0 Å². The lowest BCUT2D eigenvalue weighted by Gasteiger charge is -2.35. The molecule has 0 radical (unpaired) electrons. The Morgan fingerprint density at radius 3 is 2.48 bits per heavy atom. The molecule has 1 aromatic carbocycles. The van der Waals surface area contributed by atoms with Gasteiger partial charge in [0.25, 0.3) is 0 Å². The number of carbonyl (C=O) groups excluding carboxylic acids is 1. The minimum Gasteiger partial charge on any atom is -0.335 e. The summed E-state index contributed by atoms with van der Waals surface area (Å²) in [7, 11) is 0. The summed E-state index contributed by atoms with van der Waals surface area (Å²) in [6.07, 6.45) is 8.74. The first-order chi connectivity index (χ1) is 11.7. The second-order valence-corrected chi connectivity index (χ2v) is 7.34. The largest absolute Gasteiger partial charge is 0.335 e. The molecule has 2 aliphatic rings. The zero-order valence-electron chi connectivity index (χ0n) is 14.9. The van der Waals surface area contributed by atoms with Gasteiger partial charge >= 0.3 is 0 Å². The zero-order valence-corrected chi connectivity index (χ0v) is 15.7. The summed E-state index contributed by atoms with van der Waals surface area (Å²) >= 11 is 0. The van der Waals surface area contributed by atoms with Crippen molar-refractivity contribution in [1.29, 1.82) is 0 Å². The molecule has 0 spiro atoms. The van der Waals surface area contributed by atoms with E-state index in [0.29, 0.717) is 24.9 Å².